The Bertz CT molecular complexity index is 860. The summed E-state index contributed by atoms with van der Waals surface area (Å²) in [6, 6.07) is 11.1. The van der Waals surface area contributed by atoms with Crippen LogP contribution in [0.5, 0.6) is 5.75 Å². The SMILES string of the molecule is O=S(=O)(Nc1ccc(N2CCCCC2)cc1)c1ccc(OC(F)(F)F)cc1. The molecule has 1 saturated heterocycles. The number of ether oxygens (including phenoxy) is 1. The maximum atomic E-state index is 12.4. The van der Waals surface area contributed by atoms with Gasteiger partial charge in [0.15, 0.2) is 0 Å². The molecule has 9 heteroatoms. The Morgan fingerprint density at radius 2 is 1.48 bits per heavy atom. The van der Waals surface area contributed by atoms with Gasteiger partial charge >= 0.3 is 6.36 Å². The predicted molar refractivity (Wildman–Crippen MR) is 96.4 cm³/mol. The van der Waals surface area contributed by atoms with Gasteiger partial charge in [0.2, 0.25) is 0 Å². The van der Waals surface area contributed by atoms with E-state index in [-0.39, 0.29) is 4.90 Å². The highest BCUT2D eigenvalue weighted by Gasteiger charge is 2.31. The van der Waals surface area contributed by atoms with Crippen molar-refractivity contribution < 1.29 is 26.3 Å². The Morgan fingerprint density at radius 3 is 2.04 bits per heavy atom. The number of halogens is 3. The van der Waals surface area contributed by atoms with E-state index in [0.717, 1.165) is 55.9 Å². The van der Waals surface area contributed by atoms with Crippen molar-refractivity contribution in [3.63, 3.8) is 0 Å². The number of benzene rings is 2. The normalized spacial score (nSPS) is 15.4. The van der Waals surface area contributed by atoms with Gasteiger partial charge in [-0.1, -0.05) is 0 Å². The molecule has 27 heavy (non-hydrogen) atoms. The maximum absolute atomic E-state index is 12.4. The molecule has 5 nitrogen and oxygen atoms in total. The van der Waals surface area contributed by atoms with E-state index in [1.54, 1.807) is 12.1 Å². The molecule has 0 spiro atoms. The van der Waals surface area contributed by atoms with Crippen LogP contribution in [0.15, 0.2) is 53.4 Å². The monoisotopic (exact) mass is 400 g/mol. The Morgan fingerprint density at radius 1 is 0.889 bits per heavy atom. The molecule has 3 rings (SSSR count). The van der Waals surface area contributed by atoms with E-state index >= 15 is 0 Å². The molecule has 2 aromatic carbocycles. The molecule has 2 aromatic rings. The highest BCUT2D eigenvalue weighted by Crippen LogP contribution is 2.26. The van der Waals surface area contributed by atoms with E-state index in [1.807, 2.05) is 12.1 Å². The first-order valence-electron chi connectivity index (χ1n) is 8.47. The summed E-state index contributed by atoms with van der Waals surface area (Å²) in [7, 11) is -3.91. The Labute approximate surface area is 155 Å². The number of rotatable bonds is 5. The molecule has 1 heterocycles. The summed E-state index contributed by atoms with van der Waals surface area (Å²) in [6.07, 6.45) is -1.32. The smallest absolute Gasteiger partial charge is 0.406 e. The van der Waals surface area contributed by atoms with Crippen molar-refractivity contribution in [2.45, 2.75) is 30.5 Å². The number of alkyl halides is 3. The topological polar surface area (TPSA) is 58.6 Å². The zero-order valence-corrected chi connectivity index (χ0v) is 15.2. The van der Waals surface area contributed by atoms with E-state index in [9.17, 15) is 21.6 Å². The standard InChI is InChI=1S/C18H19F3N2O3S/c19-18(20,21)26-16-8-10-17(11-9-16)27(24,25)22-14-4-6-15(7-5-14)23-12-2-1-3-13-23/h4-11,22H,1-3,12-13H2. The number of hydrogen-bond donors (Lipinski definition) is 1. The van der Waals surface area contributed by atoms with Gasteiger partial charge in [0.25, 0.3) is 10.0 Å². The summed E-state index contributed by atoms with van der Waals surface area (Å²) >= 11 is 0. The molecule has 0 saturated carbocycles. The predicted octanol–water partition coefficient (Wildman–Crippen LogP) is 4.38. The van der Waals surface area contributed by atoms with E-state index in [0.29, 0.717) is 5.69 Å². The fourth-order valence-corrected chi connectivity index (χ4v) is 3.99. The summed E-state index contributed by atoms with van der Waals surface area (Å²) in [4.78, 5) is 2.10. The van der Waals surface area contributed by atoms with Crippen LogP contribution in [0.1, 0.15) is 19.3 Å². The third kappa shape index (κ3) is 5.29. The van der Waals surface area contributed by atoms with Crippen LogP contribution < -0.4 is 14.4 Å². The third-order valence-corrected chi connectivity index (χ3v) is 5.61. The van der Waals surface area contributed by atoms with Gasteiger partial charge in [-0.25, -0.2) is 8.42 Å². The Balaban J connectivity index is 1.68. The van der Waals surface area contributed by atoms with E-state index in [2.05, 4.69) is 14.4 Å². The number of nitrogens with zero attached hydrogens (tertiary/aromatic N) is 1. The minimum absolute atomic E-state index is 0.155. The Hall–Kier alpha value is -2.42. The highest BCUT2D eigenvalue weighted by atomic mass is 32.2. The lowest BCUT2D eigenvalue weighted by Gasteiger charge is -2.28. The zero-order chi connectivity index (χ0) is 19.5. The van der Waals surface area contributed by atoms with Crippen molar-refractivity contribution >= 4 is 21.4 Å². The molecule has 0 amide bonds. The van der Waals surface area contributed by atoms with Crippen molar-refractivity contribution in [3.8, 4) is 5.75 Å². The average Bonchev–Trinajstić information content (AvgIpc) is 2.62. The fourth-order valence-electron chi connectivity index (χ4n) is 2.93. The van der Waals surface area contributed by atoms with Gasteiger partial charge in [-0.2, -0.15) is 0 Å². The second-order valence-corrected chi connectivity index (χ2v) is 7.90. The van der Waals surface area contributed by atoms with Crippen molar-refractivity contribution in [1.82, 2.24) is 0 Å². The van der Waals surface area contributed by atoms with Gasteiger partial charge in [-0.05, 0) is 67.8 Å². The second-order valence-electron chi connectivity index (χ2n) is 6.22. The molecule has 0 unspecified atom stereocenters. The van der Waals surface area contributed by atoms with E-state index in [4.69, 9.17) is 0 Å². The zero-order valence-electron chi connectivity index (χ0n) is 14.4. The average molecular weight is 400 g/mol. The van der Waals surface area contributed by atoms with Crippen molar-refractivity contribution in [1.29, 1.82) is 0 Å². The second kappa shape index (κ2) is 7.67. The number of sulfonamides is 1. The minimum Gasteiger partial charge on any atom is -0.406 e. The van der Waals surface area contributed by atoms with Crippen molar-refractivity contribution in [2.24, 2.45) is 0 Å². The first kappa shape index (κ1) is 19.3. The summed E-state index contributed by atoms with van der Waals surface area (Å²) in [6.45, 7) is 1.97. The molecule has 0 bridgehead atoms. The first-order valence-corrected chi connectivity index (χ1v) is 9.95. The summed E-state index contributed by atoms with van der Waals surface area (Å²) in [5, 5.41) is 0. The first-order chi connectivity index (χ1) is 12.7. The fraction of sp³-hybridized carbons (Fsp3) is 0.333. The Kier molecular flexibility index (Phi) is 5.50. The van der Waals surface area contributed by atoms with Crippen LogP contribution in [0.3, 0.4) is 0 Å². The lowest BCUT2D eigenvalue weighted by Crippen LogP contribution is -2.29. The molecule has 0 atom stereocenters. The summed E-state index contributed by atoms with van der Waals surface area (Å²) in [5.41, 5.74) is 1.41. The molecule has 0 aliphatic carbocycles. The van der Waals surface area contributed by atoms with Crippen LogP contribution >= 0.6 is 0 Å². The molecule has 0 aromatic heterocycles. The molecular formula is C18H19F3N2O3S. The molecule has 1 aliphatic heterocycles. The number of hydrogen-bond acceptors (Lipinski definition) is 4. The van der Waals surface area contributed by atoms with Crippen LogP contribution in [-0.4, -0.2) is 27.9 Å². The third-order valence-electron chi connectivity index (χ3n) is 4.21. The number of piperidine rings is 1. The van der Waals surface area contributed by atoms with Crippen LogP contribution in [-0.2, 0) is 10.0 Å². The van der Waals surface area contributed by atoms with Crippen LogP contribution in [0, 0.1) is 0 Å². The van der Waals surface area contributed by atoms with Crippen molar-refractivity contribution in [3.05, 3.63) is 48.5 Å². The number of nitrogens with one attached hydrogen (secondary N) is 1. The molecule has 0 radical (unpaired) electrons. The highest BCUT2D eigenvalue weighted by molar-refractivity contribution is 7.92. The van der Waals surface area contributed by atoms with Gasteiger partial charge in [0, 0.05) is 24.5 Å². The van der Waals surface area contributed by atoms with E-state index < -0.39 is 22.1 Å². The molecule has 146 valence electrons. The van der Waals surface area contributed by atoms with Crippen LogP contribution in [0.2, 0.25) is 0 Å². The minimum atomic E-state index is -4.82. The van der Waals surface area contributed by atoms with Gasteiger partial charge < -0.3 is 9.64 Å². The van der Waals surface area contributed by atoms with Gasteiger partial charge in [0.05, 0.1) is 4.90 Å². The molecular weight excluding hydrogens is 381 g/mol. The molecule has 1 aliphatic rings. The summed E-state index contributed by atoms with van der Waals surface area (Å²) in [5.74, 6) is -0.479. The quantitative estimate of drug-likeness (QED) is 0.810. The maximum Gasteiger partial charge on any atom is 0.573 e. The number of anilines is 2. The lowest BCUT2D eigenvalue weighted by molar-refractivity contribution is -0.274. The van der Waals surface area contributed by atoms with Gasteiger partial charge in [-0.15, -0.1) is 13.2 Å². The van der Waals surface area contributed by atoms with E-state index in [1.165, 1.54) is 6.42 Å². The van der Waals surface area contributed by atoms with Crippen LogP contribution in [0.25, 0.3) is 0 Å². The van der Waals surface area contributed by atoms with Gasteiger partial charge in [-0.3, -0.25) is 4.72 Å². The molecule has 1 N–H and O–H groups in total. The largest absolute Gasteiger partial charge is 0.573 e. The lowest BCUT2D eigenvalue weighted by atomic mass is 10.1. The molecule has 1 fully saturated rings. The van der Waals surface area contributed by atoms with Crippen molar-refractivity contribution in [2.75, 3.05) is 22.7 Å². The van der Waals surface area contributed by atoms with Gasteiger partial charge in [0.1, 0.15) is 5.75 Å². The summed E-state index contributed by atoms with van der Waals surface area (Å²) < 4.78 is 67.5. The van der Waals surface area contributed by atoms with Crippen LogP contribution in [0.4, 0.5) is 24.5 Å².